The zero-order valence-corrected chi connectivity index (χ0v) is 12.1. The molecule has 2 N–H and O–H groups in total. The number of morpholine rings is 1. The Morgan fingerprint density at radius 2 is 2.38 bits per heavy atom. The van der Waals surface area contributed by atoms with E-state index < -0.39 is 0 Å². The van der Waals surface area contributed by atoms with Gasteiger partial charge in [-0.15, -0.1) is 0 Å². The lowest BCUT2D eigenvalue weighted by Crippen LogP contribution is -2.49. The highest BCUT2D eigenvalue weighted by Crippen LogP contribution is 2.20. The van der Waals surface area contributed by atoms with Gasteiger partial charge in [-0.3, -0.25) is 10.1 Å². The number of rotatable bonds is 4. The zero-order chi connectivity index (χ0) is 14.7. The van der Waals surface area contributed by atoms with Crippen LogP contribution in [0.2, 0.25) is 0 Å². The number of amides is 1. The molecule has 2 heterocycles. The largest absolute Gasteiger partial charge is 0.378 e. The van der Waals surface area contributed by atoms with Crippen LogP contribution in [-0.4, -0.2) is 41.3 Å². The minimum Gasteiger partial charge on any atom is -0.378 e. The van der Waals surface area contributed by atoms with Gasteiger partial charge < -0.3 is 14.6 Å². The highest BCUT2D eigenvalue weighted by Gasteiger charge is 2.23. The number of benzene rings is 1. The molecule has 0 unspecified atom stereocenters. The first-order chi connectivity index (χ1) is 10.3. The minimum absolute atomic E-state index is 0.0950. The number of carbonyl (C=O) groups excluding carboxylic acids is 1. The molecule has 0 radical (unpaired) electrons. The number of anilines is 1. The van der Waals surface area contributed by atoms with Gasteiger partial charge in [0.15, 0.2) is 0 Å². The molecule has 1 saturated heterocycles. The molecule has 0 saturated carbocycles. The van der Waals surface area contributed by atoms with Crippen LogP contribution in [-0.2, 0) is 16.1 Å². The average molecular weight is 288 g/mol. The van der Waals surface area contributed by atoms with E-state index in [9.17, 15) is 4.79 Å². The lowest BCUT2D eigenvalue weighted by Gasteiger charge is -2.22. The average Bonchev–Trinajstić information content (AvgIpc) is 2.86. The number of nitrogens with zero attached hydrogens (tertiary/aromatic N) is 2. The molecule has 6 heteroatoms. The van der Waals surface area contributed by atoms with Crippen molar-refractivity contribution in [3.8, 4) is 0 Å². The van der Waals surface area contributed by atoms with E-state index in [1.807, 2.05) is 24.3 Å². The van der Waals surface area contributed by atoms with Crippen LogP contribution in [0.4, 0.5) is 5.95 Å². The van der Waals surface area contributed by atoms with Gasteiger partial charge in [0.25, 0.3) is 0 Å². The summed E-state index contributed by atoms with van der Waals surface area (Å²) in [4.78, 5) is 16.8. The van der Waals surface area contributed by atoms with E-state index in [4.69, 9.17) is 4.74 Å². The Morgan fingerprint density at radius 1 is 1.52 bits per heavy atom. The fourth-order valence-corrected chi connectivity index (χ4v) is 2.55. The second-order valence-electron chi connectivity index (χ2n) is 5.15. The fourth-order valence-electron chi connectivity index (χ4n) is 2.55. The molecule has 0 bridgehead atoms. The van der Waals surface area contributed by atoms with E-state index in [-0.39, 0.29) is 11.9 Å². The number of ether oxygens (including phenoxy) is 1. The number of aryl methyl sites for hydroxylation is 1. The number of nitrogens with one attached hydrogen (secondary N) is 2. The lowest BCUT2D eigenvalue weighted by atomic mass is 10.2. The van der Waals surface area contributed by atoms with Crippen LogP contribution in [0.15, 0.2) is 24.3 Å². The number of para-hydroxylation sites is 2. The maximum atomic E-state index is 12.3. The Hall–Kier alpha value is -1.92. The maximum absolute atomic E-state index is 12.3. The number of hydrogen-bond acceptors (Lipinski definition) is 4. The molecule has 1 aliphatic heterocycles. The minimum atomic E-state index is -0.311. The third-order valence-corrected chi connectivity index (χ3v) is 3.57. The second-order valence-corrected chi connectivity index (χ2v) is 5.15. The molecule has 2 aromatic rings. The van der Waals surface area contributed by atoms with Crippen molar-refractivity contribution < 1.29 is 9.53 Å². The number of aromatic nitrogens is 2. The molecule has 1 aromatic carbocycles. The van der Waals surface area contributed by atoms with Crippen molar-refractivity contribution in [2.45, 2.75) is 25.9 Å². The predicted molar refractivity (Wildman–Crippen MR) is 81.3 cm³/mol. The van der Waals surface area contributed by atoms with Gasteiger partial charge in [0.05, 0.1) is 24.2 Å². The summed E-state index contributed by atoms with van der Waals surface area (Å²) in [6.45, 7) is 4.68. The molecule has 0 spiro atoms. The van der Waals surface area contributed by atoms with Gasteiger partial charge in [-0.2, -0.15) is 0 Å². The molecule has 3 rings (SSSR count). The summed E-state index contributed by atoms with van der Waals surface area (Å²) in [5, 5.41) is 6.08. The molecule has 1 atom stereocenters. The molecule has 0 aliphatic carbocycles. The van der Waals surface area contributed by atoms with Crippen LogP contribution >= 0.6 is 0 Å². The molecule has 1 aromatic heterocycles. The van der Waals surface area contributed by atoms with Gasteiger partial charge in [0, 0.05) is 13.1 Å². The third kappa shape index (κ3) is 2.91. The highest BCUT2D eigenvalue weighted by molar-refractivity contribution is 5.95. The van der Waals surface area contributed by atoms with Gasteiger partial charge >= 0.3 is 0 Å². The summed E-state index contributed by atoms with van der Waals surface area (Å²) in [6.07, 6.45) is 0.980. The van der Waals surface area contributed by atoms with Crippen molar-refractivity contribution in [2.75, 3.05) is 25.1 Å². The number of hydrogen-bond donors (Lipinski definition) is 2. The van der Waals surface area contributed by atoms with Crippen molar-refractivity contribution in [1.82, 2.24) is 14.9 Å². The van der Waals surface area contributed by atoms with Crippen molar-refractivity contribution >= 4 is 22.9 Å². The van der Waals surface area contributed by atoms with Crippen molar-refractivity contribution in [3.05, 3.63) is 24.3 Å². The van der Waals surface area contributed by atoms with Gasteiger partial charge in [0.1, 0.15) is 6.04 Å². The quantitative estimate of drug-likeness (QED) is 0.891. The first-order valence-corrected chi connectivity index (χ1v) is 7.37. The standard InChI is InChI=1S/C15H20N4O2/c1-2-8-19-13-6-4-3-5-11(13)17-15(19)18-14(20)12-10-21-9-7-16-12/h3-6,12,16H,2,7-10H2,1H3,(H,17,18,20)/t12-/m1/s1. The van der Waals surface area contributed by atoms with Crippen LogP contribution in [0.1, 0.15) is 13.3 Å². The van der Waals surface area contributed by atoms with Crippen molar-refractivity contribution in [2.24, 2.45) is 0 Å². The van der Waals surface area contributed by atoms with Crippen LogP contribution in [0.25, 0.3) is 11.0 Å². The molecule has 112 valence electrons. The summed E-state index contributed by atoms with van der Waals surface area (Å²) in [5.41, 5.74) is 1.94. The Balaban J connectivity index is 1.85. The number of carbonyl (C=O) groups is 1. The molecule has 1 amide bonds. The van der Waals surface area contributed by atoms with E-state index in [0.29, 0.717) is 25.7 Å². The second kappa shape index (κ2) is 6.24. The smallest absolute Gasteiger partial charge is 0.246 e. The van der Waals surface area contributed by atoms with Gasteiger partial charge in [-0.05, 0) is 18.6 Å². The first kappa shape index (κ1) is 14.0. The summed E-state index contributed by atoms with van der Waals surface area (Å²) in [7, 11) is 0. The molecular weight excluding hydrogens is 268 g/mol. The van der Waals surface area contributed by atoms with Crippen molar-refractivity contribution in [3.63, 3.8) is 0 Å². The number of imidazole rings is 1. The van der Waals surface area contributed by atoms with E-state index in [2.05, 4.69) is 27.1 Å². The Labute approximate surface area is 123 Å². The van der Waals surface area contributed by atoms with Gasteiger partial charge in [-0.1, -0.05) is 19.1 Å². The summed E-state index contributed by atoms with van der Waals surface area (Å²) in [5.74, 6) is 0.512. The Bertz CT molecular complexity index is 632. The van der Waals surface area contributed by atoms with Crippen LogP contribution in [0, 0.1) is 0 Å². The van der Waals surface area contributed by atoms with Crippen LogP contribution in [0.3, 0.4) is 0 Å². The van der Waals surface area contributed by atoms with Crippen LogP contribution < -0.4 is 10.6 Å². The summed E-state index contributed by atoms with van der Waals surface area (Å²) < 4.78 is 7.38. The molecule has 6 nitrogen and oxygen atoms in total. The Morgan fingerprint density at radius 3 is 3.14 bits per heavy atom. The van der Waals surface area contributed by atoms with Gasteiger partial charge in [-0.25, -0.2) is 4.98 Å². The SMILES string of the molecule is CCCn1c(NC(=O)[C@H]2COCCN2)nc2ccccc21. The molecular formula is C15H20N4O2. The predicted octanol–water partition coefficient (Wildman–Crippen LogP) is 1.37. The number of fused-ring (bicyclic) bond motifs is 1. The topological polar surface area (TPSA) is 68.2 Å². The Kier molecular flexibility index (Phi) is 4.17. The molecule has 21 heavy (non-hydrogen) atoms. The molecule has 1 fully saturated rings. The van der Waals surface area contributed by atoms with E-state index in [0.717, 1.165) is 24.0 Å². The maximum Gasteiger partial charge on any atom is 0.246 e. The monoisotopic (exact) mass is 288 g/mol. The van der Waals surface area contributed by atoms with Gasteiger partial charge in [0.2, 0.25) is 11.9 Å². The van der Waals surface area contributed by atoms with E-state index in [1.54, 1.807) is 0 Å². The lowest BCUT2D eigenvalue weighted by molar-refractivity contribution is -0.120. The fraction of sp³-hybridized carbons (Fsp3) is 0.467. The first-order valence-electron chi connectivity index (χ1n) is 7.37. The molecule has 1 aliphatic rings. The highest BCUT2D eigenvalue weighted by atomic mass is 16.5. The van der Waals surface area contributed by atoms with Crippen LogP contribution in [0.5, 0.6) is 0 Å². The zero-order valence-electron chi connectivity index (χ0n) is 12.1. The summed E-state index contributed by atoms with van der Waals surface area (Å²) >= 11 is 0. The van der Waals surface area contributed by atoms with E-state index in [1.165, 1.54) is 0 Å². The van der Waals surface area contributed by atoms with Crippen molar-refractivity contribution in [1.29, 1.82) is 0 Å². The normalized spacial score (nSPS) is 18.8. The summed E-state index contributed by atoms with van der Waals surface area (Å²) in [6, 6.07) is 7.61. The third-order valence-electron chi connectivity index (χ3n) is 3.57. The van der Waals surface area contributed by atoms with E-state index >= 15 is 0 Å².